The number of aromatic hydroxyl groups is 1. The predicted molar refractivity (Wildman–Crippen MR) is 104 cm³/mol. The van der Waals surface area contributed by atoms with E-state index in [0.717, 1.165) is 6.07 Å². The van der Waals surface area contributed by atoms with E-state index < -0.39 is 37.1 Å². The zero-order valence-electron chi connectivity index (χ0n) is 13.9. The second-order valence-corrected chi connectivity index (χ2v) is 5.19. The molecule has 0 aliphatic carbocycles. The molecule has 0 fully saturated rings. The van der Waals surface area contributed by atoms with E-state index in [9.17, 15) is 13.9 Å². The zero-order valence-corrected chi connectivity index (χ0v) is 13.9. The van der Waals surface area contributed by atoms with Crippen LogP contribution >= 0.6 is 0 Å². The molecule has 0 unspecified atom stereocenters. The summed E-state index contributed by atoms with van der Waals surface area (Å²) in [6, 6.07) is 5.12. The van der Waals surface area contributed by atoms with Crippen LogP contribution in [-0.4, -0.2) is 46.5 Å². The predicted octanol–water partition coefficient (Wildman–Crippen LogP) is 0.614. The Morgan fingerprint density at radius 3 is 1.52 bits per heavy atom. The number of benzene rings is 2. The highest BCUT2D eigenvalue weighted by atomic mass is 19.1. The number of rotatable bonds is 3. The average Bonchev–Trinajstić information content (AvgIpc) is 2.53. The van der Waals surface area contributed by atoms with E-state index in [4.69, 9.17) is 24.8 Å². The molecule has 2 aromatic rings. The van der Waals surface area contributed by atoms with E-state index in [2.05, 4.69) is 0 Å². The fourth-order valence-corrected chi connectivity index (χ4v) is 2.13. The van der Waals surface area contributed by atoms with Crippen LogP contribution in [0.4, 0.5) is 8.78 Å². The second kappa shape index (κ2) is 11.6. The lowest BCUT2D eigenvalue weighted by atomic mass is 9.78. The Kier molecular flexibility index (Phi) is 11.6. The molecule has 0 radical (unpaired) electrons. The van der Waals surface area contributed by atoms with Gasteiger partial charge in [0, 0.05) is 0 Å². The first-order chi connectivity index (χ1) is 11.6. The monoisotopic (exact) mass is 386 g/mol. The number of ether oxygens (including phenoxy) is 1. The Labute approximate surface area is 159 Å². The molecule has 0 aliphatic rings. The lowest BCUT2D eigenvalue weighted by molar-refractivity contribution is 0.396. The lowest BCUT2D eigenvalue weighted by Crippen LogP contribution is -2.34. The van der Waals surface area contributed by atoms with Gasteiger partial charge in [-0.25, -0.2) is 8.78 Å². The minimum absolute atomic E-state index is 0. The molecule has 0 saturated carbocycles. The Hall–Kier alpha value is -2.13. The van der Waals surface area contributed by atoms with Gasteiger partial charge in [0.2, 0.25) is 0 Å². The number of methoxy groups -OCH3 is 1. The van der Waals surface area contributed by atoms with Crippen LogP contribution in [0.25, 0.3) is 0 Å². The van der Waals surface area contributed by atoms with E-state index in [-0.39, 0.29) is 26.1 Å². The number of hydrogen-bond acceptors (Lipinski definition) is 6. The van der Waals surface area contributed by atoms with Gasteiger partial charge in [0.15, 0.2) is 0 Å². The van der Waals surface area contributed by atoms with Gasteiger partial charge in [-0.05, 0) is 37.1 Å². The quantitative estimate of drug-likeness (QED) is 0.495. The van der Waals surface area contributed by atoms with Crippen molar-refractivity contribution in [3.05, 3.63) is 47.0 Å². The molecule has 27 heavy (non-hydrogen) atoms. The maximum Gasteiger partial charge on any atom is 0.495 e. The Morgan fingerprint density at radius 1 is 0.778 bits per heavy atom. The van der Waals surface area contributed by atoms with Crippen molar-refractivity contribution in [2.75, 3.05) is 7.11 Å². The van der Waals surface area contributed by atoms with Crippen LogP contribution in [0.3, 0.4) is 0 Å². The number of halogens is 2. The Bertz CT molecular complexity index is 742. The van der Waals surface area contributed by atoms with Gasteiger partial charge in [-0.3, -0.25) is 0 Å². The maximum atomic E-state index is 13.1. The van der Waals surface area contributed by atoms with Gasteiger partial charge in [0.1, 0.15) is 23.1 Å². The SMILES string of the molecule is C.C.COc1c(C)ccc(F)c1B(O)O.Cc1ccc(F)c(B(O)O)c1O. The van der Waals surface area contributed by atoms with Crippen molar-refractivity contribution in [3.63, 3.8) is 0 Å². The van der Waals surface area contributed by atoms with Gasteiger partial charge in [-0.1, -0.05) is 27.0 Å². The molecule has 0 spiro atoms. The third kappa shape index (κ3) is 6.51. The molecule has 0 amide bonds. The third-order valence-corrected chi connectivity index (χ3v) is 3.43. The molecule has 2 rings (SSSR count). The van der Waals surface area contributed by atoms with E-state index in [0.29, 0.717) is 11.1 Å². The first-order valence-corrected chi connectivity index (χ1v) is 7.15. The summed E-state index contributed by atoms with van der Waals surface area (Å²) in [6.45, 7) is 3.24. The van der Waals surface area contributed by atoms with Gasteiger partial charge in [0.25, 0.3) is 0 Å². The van der Waals surface area contributed by atoms with Crippen LogP contribution in [0.5, 0.6) is 11.5 Å². The van der Waals surface area contributed by atoms with Crippen molar-refractivity contribution in [2.45, 2.75) is 28.7 Å². The zero-order chi connectivity index (χ0) is 19.3. The fraction of sp³-hybridized carbons (Fsp3) is 0.294. The fourth-order valence-electron chi connectivity index (χ4n) is 2.13. The van der Waals surface area contributed by atoms with Crippen LogP contribution in [0, 0.1) is 25.5 Å². The third-order valence-electron chi connectivity index (χ3n) is 3.43. The highest BCUT2D eigenvalue weighted by Crippen LogP contribution is 2.16. The van der Waals surface area contributed by atoms with Crippen molar-refractivity contribution in [3.8, 4) is 11.5 Å². The summed E-state index contributed by atoms with van der Waals surface area (Å²) in [7, 11) is -2.48. The van der Waals surface area contributed by atoms with E-state index in [1.54, 1.807) is 13.8 Å². The summed E-state index contributed by atoms with van der Waals surface area (Å²) < 4.78 is 30.7. The second-order valence-electron chi connectivity index (χ2n) is 5.19. The summed E-state index contributed by atoms with van der Waals surface area (Å²) in [6.07, 6.45) is 0. The van der Waals surface area contributed by atoms with Crippen molar-refractivity contribution >= 4 is 25.2 Å². The lowest BCUT2D eigenvalue weighted by Gasteiger charge is -2.11. The van der Waals surface area contributed by atoms with Crippen LogP contribution in [0.1, 0.15) is 26.0 Å². The Balaban J connectivity index is 0. The summed E-state index contributed by atoms with van der Waals surface area (Å²) in [5.41, 5.74) is 0.365. The molecular weight excluding hydrogens is 360 g/mol. The minimum atomic E-state index is -1.98. The number of aryl methyl sites for hydroxylation is 2. The van der Waals surface area contributed by atoms with Crippen molar-refractivity contribution in [2.24, 2.45) is 0 Å². The molecule has 0 aromatic heterocycles. The van der Waals surface area contributed by atoms with Gasteiger partial charge >= 0.3 is 14.2 Å². The van der Waals surface area contributed by atoms with Gasteiger partial charge < -0.3 is 29.9 Å². The van der Waals surface area contributed by atoms with Crippen molar-refractivity contribution in [1.82, 2.24) is 0 Å². The normalized spacial score (nSPS) is 9.22. The average molecular weight is 386 g/mol. The van der Waals surface area contributed by atoms with E-state index >= 15 is 0 Å². The highest BCUT2D eigenvalue weighted by Gasteiger charge is 2.23. The molecule has 0 bridgehead atoms. The first kappa shape index (κ1) is 27.1. The Morgan fingerprint density at radius 2 is 1.19 bits per heavy atom. The maximum absolute atomic E-state index is 13.1. The van der Waals surface area contributed by atoms with E-state index in [1.165, 1.54) is 25.3 Å². The highest BCUT2D eigenvalue weighted by molar-refractivity contribution is 6.60. The van der Waals surface area contributed by atoms with Crippen LogP contribution in [0.2, 0.25) is 0 Å². The van der Waals surface area contributed by atoms with E-state index in [1.807, 2.05) is 0 Å². The van der Waals surface area contributed by atoms with Crippen LogP contribution < -0.4 is 15.7 Å². The van der Waals surface area contributed by atoms with Crippen LogP contribution in [-0.2, 0) is 0 Å². The molecule has 0 heterocycles. The smallest absolute Gasteiger partial charge is 0.495 e. The summed E-state index contributed by atoms with van der Waals surface area (Å²) in [4.78, 5) is 0. The summed E-state index contributed by atoms with van der Waals surface area (Å²) in [5.74, 6) is -1.74. The minimum Gasteiger partial charge on any atom is -0.508 e. The van der Waals surface area contributed by atoms with Gasteiger partial charge in [0.05, 0.1) is 18.0 Å². The standard InChI is InChI=1S/C8H10BFO3.C7H8BFO3.2CH4/c1-5-3-4-6(10)7(9(11)12)8(5)13-2;1-4-2-3-5(9)6(7(4)10)8(11)12;;/h3-4,11-12H,1-2H3;2-3,10-12H,1H3;2*1H4. The number of hydrogen-bond donors (Lipinski definition) is 5. The van der Waals surface area contributed by atoms with Crippen molar-refractivity contribution in [1.29, 1.82) is 0 Å². The molecule has 2 aromatic carbocycles. The molecule has 5 N–H and O–H groups in total. The molecule has 0 aliphatic heterocycles. The molecule has 10 heteroatoms. The molecule has 150 valence electrons. The summed E-state index contributed by atoms with van der Waals surface area (Å²) >= 11 is 0. The largest absolute Gasteiger partial charge is 0.508 e. The molecule has 6 nitrogen and oxygen atoms in total. The van der Waals surface area contributed by atoms with Crippen LogP contribution in [0.15, 0.2) is 24.3 Å². The molecule has 0 atom stereocenters. The number of phenols is 1. The molecule has 0 saturated heterocycles. The number of phenolic OH excluding ortho intramolecular Hbond substituents is 1. The summed E-state index contributed by atoms with van der Waals surface area (Å²) in [5, 5.41) is 44.3. The first-order valence-electron chi connectivity index (χ1n) is 7.15. The molecular formula is C17H26B2F2O6. The van der Waals surface area contributed by atoms with Gasteiger partial charge in [-0.2, -0.15) is 0 Å². The van der Waals surface area contributed by atoms with Crippen molar-refractivity contribution < 1.29 is 38.7 Å². The van der Waals surface area contributed by atoms with Gasteiger partial charge in [-0.15, -0.1) is 0 Å². The topological polar surface area (TPSA) is 110 Å².